The largest absolute Gasteiger partial charge is 0.469 e. The first-order chi connectivity index (χ1) is 7.06. The highest BCUT2D eigenvalue weighted by Crippen LogP contribution is 2.45. The van der Waals surface area contributed by atoms with Crippen molar-refractivity contribution in [3.8, 4) is 0 Å². The molecule has 15 heavy (non-hydrogen) atoms. The van der Waals surface area contributed by atoms with Crippen molar-refractivity contribution >= 4 is 5.97 Å². The quantitative estimate of drug-likeness (QED) is 0.674. The van der Waals surface area contributed by atoms with E-state index in [-0.39, 0.29) is 12.1 Å². The van der Waals surface area contributed by atoms with E-state index in [1.165, 1.54) is 7.11 Å². The Kier molecular flexibility index (Phi) is 4.14. The second-order valence-electron chi connectivity index (χ2n) is 4.86. The van der Waals surface area contributed by atoms with E-state index in [0.717, 1.165) is 25.7 Å². The van der Waals surface area contributed by atoms with E-state index in [0.29, 0.717) is 5.92 Å². The molecule has 88 valence electrons. The summed E-state index contributed by atoms with van der Waals surface area (Å²) in [6.45, 7) is 4.27. The van der Waals surface area contributed by atoms with Crippen molar-refractivity contribution in [2.45, 2.75) is 45.6 Å². The van der Waals surface area contributed by atoms with E-state index in [1.54, 1.807) is 7.11 Å². The molecular formula is C12H22O3. The summed E-state index contributed by atoms with van der Waals surface area (Å²) in [6.07, 6.45) is 3.82. The van der Waals surface area contributed by atoms with Crippen LogP contribution in [0.2, 0.25) is 0 Å². The van der Waals surface area contributed by atoms with Crippen LogP contribution in [0.4, 0.5) is 0 Å². The molecule has 1 saturated carbocycles. The molecule has 0 aromatic heterocycles. The van der Waals surface area contributed by atoms with E-state index in [4.69, 9.17) is 9.47 Å². The summed E-state index contributed by atoms with van der Waals surface area (Å²) >= 11 is 0. The number of carbonyl (C=O) groups is 1. The lowest BCUT2D eigenvalue weighted by atomic mass is 9.77. The molecule has 2 unspecified atom stereocenters. The van der Waals surface area contributed by atoms with E-state index in [1.807, 2.05) is 0 Å². The number of methoxy groups -OCH3 is 2. The zero-order valence-corrected chi connectivity index (χ0v) is 10.2. The number of hydrogen-bond acceptors (Lipinski definition) is 3. The van der Waals surface area contributed by atoms with E-state index >= 15 is 0 Å². The van der Waals surface area contributed by atoms with Crippen LogP contribution in [-0.2, 0) is 14.3 Å². The molecular weight excluding hydrogens is 192 g/mol. The van der Waals surface area contributed by atoms with Crippen molar-refractivity contribution < 1.29 is 14.3 Å². The predicted molar refractivity (Wildman–Crippen MR) is 58.6 cm³/mol. The second-order valence-corrected chi connectivity index (χ2v) is 4.86. The minimum absolute atomic E-state index is 0.0346. The minimum atomic E-state index is -0.391. The number of carbonyl (C=O) groups excluding carboxylic acids is 1. The molecule has 1 rings (SSSR count). The van der Waals surface area contributed by atoms with Gasteiger partial charge in [-0.1, -0.05) is 13.8 Å². The van der Waals surface area contributed by atoms with Crippen molar-refractivity contribution in [1.29, 1.82) is 0 Å². The molecule has 1 aliphatic rings. The lowest BCUT2D eigenvalue weighted by molar-refractivity contribution is -0.161. The minimum Gasteiger partial charge on any atom is -0.469 e. The standard InChI is InChI=1S/C12H22O3/c1-9(2)8-12(11(13)15-4)7-5-6-10(12)14-3/h9-10H,5-8H2,1-4H3. The molecule has 0 N–H and O–H groups in total. The fourth-order valence-corrected chi connectivity index (χ4v) is 2.87. The van der Waals surface area contributed by atoms with Crippen LogP contribution in [-0.4, -0.2) is 26.3 Å². The maximum atomic E-state index is 11.9. The topological polar surface area (TPSA) is 35.5 Å². The van der Waals surface area contributed by atoms with E-state index in [9.17, 15) is 4.79 Å². The van der Waals surface area contributed by atoms with Crippen LogP contribution in [0.25, 0.3) is 0 Å². The van der Waals surface area contributed by atoms with Crippen LogP contribution in [0.15, 0.2) is 0 Å². The molecule has 0 aliphatic heterocycles. The van der Waals surface area contributed by atoms with Gasteiger partial charge in [0.05, 0.1) is 18.6 Å². The van der Waals surface area contributed by atoms with Gasteiger partial charge >= 0.3 is 5.97 Å². The monoisotopic (exact) mass is 214 g/mol. The molecule has 0 spiro atoms. The van der Waals surface area contributed by atoms with E-state index in [2.05, 4.69) is 13.8 Å². The molecule has 0 amide bonds. The first-order valence-corrected chi connectivity index (χ1v) is 5.68. The van der Waals surface area contributed by atoms with Gasteiger partial charge in [0.2, 0.25) is 0 Å². The molecule has 0 aromatic carbocycles. The van der Waals surface area contributed by atoms with Crippen LogP contribution < -0.4 is 0 Å². The van der Waals surface area contributed by atoms with Crippen LogP contribution >= 0.6 is 0 Å². The Morgan fingerprint density at radius 3 is 2.60 bits per heavy atom. The Hall–Kier alpha value is -0.570. The zero-order chi connectivity index (χ0) is 11.5. The lowest BCUT2D eigenvalue weighted by Crippen LogP contribution is -2.41. The summed E-state index contributed by atoms with van der Waals surface area (Å²) in [5.74, 6) is 0.389. The number of ether oxygens (including phenoxy) is 2. The number of esters is 1. The fraction of sp³-hybridized carbons (Fsp3) is 0.917. The Morgan fingerprint density at radius 1 is 1.47 bits per heavy atom. The summed E-state index contributed by atoms with van der Waals surface area (Å²) in [7, 11) is 3.16. The third-order valence-electron chi connectivity index (χ3n) is 3.35. The van der Waals surface area contributed by atoms with Crippen LogP contribution in [0, 0.1) is 11.3 Å². The molecule has 1 aliphatic carbocycles. The molecule has 0 heterocycles. The second kappa shape index (κ2) is 4.97. The van der Waals surface area contributed by atoms with Crippen molar-refractivity contribution in [3.63, 3.8) is 0 Å². The van der Waals surface area contributed by atoms with Gasteiger partial charge in [-0.2, -0.15) is 0 Å². The average Bonchev–Trinajstić information content (AvgIpc) is 2.59. The first kappa shape index (κ1) is 12.5. The summed E-state index contributed by atoms with van der Waals surface area (Å²) in [5, 5.41) is 0. The van der Waals surface area contributed by atoms with Gasteiger partial charge in [0.1, 0.15) is 0 Å². The normalized spacial score (nSPS) is 30.9. The van der Waals surface area contributed by atoms with Gasteiger partial charge in [-0.15, -0.1) is 0 Å². The number of hydrogen-bond donors (Lipinski definition) is 0. The Morgan fingerprint density at radius 2 is 2.13 bits per heavy atom. The van der Waals surface area contributed by atoms with Gasteiger partial charge in [0, 0.05) is 7.11 Å². The van der Waals surface area contributed by atoms with Crippen molar-refractivity contribution in [2.24, 2.45) is 11.3 Å². The van der Waals surface area contributed by atoms with Gasteiger partial charge in [0.15, 0.2) is 0 Å². The third-order valence-corrected chi connectivity index (χ3v) is 3.35. The summed E-state index contributed by atoms with van der Waals surface area (Å²) < 4.78 is 10.4. The molecule has 1 fully saturated rings. The third kappa shape index (κ3) is 2.33. The smallest absolute Gasteiger partial charge is 0.314 e. The van der Waals surface area contributed by atoms with Crippen molar-refractivity contribution in [2.75, 3.05) is 14.2 Å². The van der Waals surface area contributed by atoms with Gasteiger partial charge in [-0.3, -0.25) is 4.79 Å². The Balaban J connectivity index is 2.89. The molecule has 0 radical (unpaired) electrons. The van der Waals surface area contributed by atoms with Gasteiger partial charge < -0.3 is 9.47 Å². The van der Waals surface area contributed by atoms with E-state index < -0.39 is 5.41 Å². The maximum absolute atomic E-state index is 11.9. The van der Waals surface area contributed by atoms with Crippen LogP contribution in [0.3, 0.4) is 0 Å². The molecule has 3 heteroatoms. The fourth-order valence-electron chi connectivity index (χ4n) is 2.87. The lowest BCUT2D eigenvalue weighted by Gasteiger charge is -2.33. The number of rotatable bonds is 4. The van der Waals surface area contributed by atoms with Gasteiger partial charge in [0.25, 0.3) is 0 Å². The Bertz CT molecular complexity index is 225. The maximum Gasteiger partial charge on any atom is 0.314 e. The van der Waals surface area contributed by atoms with Crippen LogP contribution in [0.1, 0.15) is 39.5 Å². The van der Waals surface area contributed by atoms with Crippen molar-refractivity contribution in [3.05, 3.63) is 0 Å². The van der Waals surface area contributed by atoms with Crippen molar-refractivity contribution in [1.82, 2.24) is 0 Å². The predicted octanol–water partition coefficient (Wildman–Crippen LogP) is 2.39. The molecule has 0 bridgehead atoms. The summed E-state index contributed by atoms with van der Waals surface area (Å²) in [4.78, 5) is 11.9. The highest BCUT2D eigenvalue weighted by atomic mass is 16.5. The molecule has 2 atom stereocenters. The van der Waals surface area contributed by atoms with Gasteiger partial charge in [-0.05, 0) is 31.6 Å². The SMILES string of the molecule is COC(=O)C1(CC(C)C)CCCC1OC. The Labute approximate surface area is 92.1 Å². The van der Waals surface area contributed by atoms with Crippen LogP contribution in [0.5, 0.6) is 0 Å². The highest BCUT2D eigenvalue weighted by molar-refractivity contribution is 5.78. The molecule has 3 nitrogen and oxygen atoms in total. The average molecular weight is 214 g/mol. The highest BCUT2D eigenvalue weighted by Gasteiger charge is 2.50. The first-order valence-electron chi connectivity index (χ1n) is 5.68. The molecule has 0 saturated heterocycles. The summed E-state index contributed by atoms with van der Waals surface area (Å²) in [5.41, 5.74) is -0.391. The zero-order valence-electron chi connectivity index (χ0n) is 10.2. The summed E-state index contributed by atoms with van der Waals surface area (Å²) in [6, 6.07) is 0. The van der Waals surface area contributed by atoms with Gasteiger partial charge in [-0.25, -0.2) is 0 Å². The molecule has 0 aromatic rings.